The number of carbonyl (C=O) groups excluding carboxylic acids is 1. The number of alkyl halides is 2. The van der Waals surface area contributed by atoms with Crippen LogP contribution >= 0.6 is 11.6 Å². The van der Waals surface area contributed by atoms with Gasteiger partial charge in [-0.3, -0.25) is 4.90 Å². The van der Waals surface area contributed by atoms with Crippen molar-refractivity contribution in [2.24, 2.45) is 0 Å². The maximum atomic E-state index is 14.2. The van der Waals surface area contributed by atoms with Gasteiger partial charge in [0.25, 0.3) is 5.92 Å². The highest BCUT2D eigenvalue weighted by Gasteiger charge is 2.42. The van der Waals surface area contributed by atoms with Gasteiger partial charge in [-0.05, 0) is 68.0 Å². The third kappa shape index (κ3) is 7.09. The Morgan fingerprint density at radius 1 is 0.952 bits per heavy atom. The van der Waals surface area contributed by atoms with Gasteiger partial charge < -0.3 is 9.64 Å². The van der Waals surface area contributed by atoms with Crippen LogP contribution in [0.1, 0.15) is 75.5 Å². The second-order valence-electron chi connectivity index (χ2n) is 11.8. The molecule has 2 aromatic rings. The standard InChI is InChI=1S/C31H40ClF2N3O4S/c1-31(33,34)24-8-5-7-23(21-24)29-12-6-11-27(37(29)42(39,40)28-15-13-25(32)14-16-28)22-41-30(38)36-19-17-35(18-20-36)26-9-3-2-4-10-26/h5,7-8,13-16,21,26-27,29H,2-4,6,9-12,17-20,22H2,1H3/t27-,29+/m1/s1. The number of benzene rings is 2. The van der Waals surface area contributed by atoms with Crippen LogP contribution in [-0.2, 0) is 20.7 Å². The molecule has 1 aliphatic carbocycles. The Morgan fingerprint density at radius 3 is 2.31 bits per heavy atom. The zero-order valence-electron chi connectivity index (χ0n) is 24.1. The van der Waals surface area contributed by atoms with Crippen LogP contribution in [0.25, 0.3) is 0 Å². The molecule has 42 heavy (non-hydrogen) atoms. The third-order valence-electron chi connectivity index (χ3n) is 8.91. The summed E-state index contributed by atoms with van der Waals surface area (Å²) in [6.45, 7) is 3.48. The molecule has 0 spiro atoms. The first-order valence-corrected chi connectivity index (χ1v) is 16.8. The largest absolute Gasteiger partial charge is 0.448 e. The molecule has 0 unspecified atom stereocenters. The van der Waals surface area contributed by atoms with E-state index in [1.165, 1.54) is 78.9 Å². The quantitative estimate of drug-likeness (QED) is 0.338. The first-order chi connectivity index (χ1) is 20.0. The zero-order chi connectivity index (χ0) is 29.9. The Morgan fingerprint density at radius 2 is 1.64 bits per heavy atom. The van der Waals surface area contributed by atoms with Crippen LogP contribution in [0.3, 0.4) is 0 Å². The van der Waals surface area contributed by atoms with E-state index in [2.05, 4.69) is 4.90 Å². The molecule has 0 aromatic heterocycles. The van der Waals surface area contributed by atoms with Crippen LogP contribution in [0.5, 0.6) is 0 Å². The van der Waals surface area contributed by atoms with E-state index in [0.29, 0.717) is 49.0 Å². The number of rotatable bonds is 7. The smallest absolute Gasteiger partial charge is 0.409 e. The van der Waals surface area contributed by atoms with Gasteiger partial charge in [-0.1, -0.05) is 49.1 Å². The number of carbonyl (C=O) groups is 1. The molecule has 2 saturated heterocycles. The number of hydrogen-bond acceptors (Lipinski definition) is 5. The molecule has 230 valence electrons. The minimum atomic E-state index is -4.09. The van der Waals surface area contributed by atoms with Crippen molar-refractivity contribution in [1.82, 2.24) is 14.1 Å². The highest BCUT2D eigenvalue weighted by Crippen LogP contribution is 2.40. The molecular formula is C31H40ClF2N3O4S. The van der Waals surface area contributed by atoms with Crippen LogP contribution in [0.15, 0.2) is 53.4 Å². The fourth-order valence-corrected chi connectivity index (χ4v) is 8.58. The summed E-state index contributed by atoms with van der Waals surface area (Å²) in [5, 5.41) is 0.399. The minimum Gasteiger partial charge on any atom is -0.448 e. The van der Waals surface area contributed by atoms with Crippen molar-refractivity contribution in [3.05, 3.63) is 64.7 Å². The Labute approximate surface area is 252 Å². The van der Waals surface area contributed by atoms with Crippen LogP contribution in [0.4, 0.5) is 13.6 Å². The number of piperazine rings is 1. The Bertz CT molecular complexity index is 1320. The Kier molecular flexibility index (Phi) is 9.76. The lowest BCUT2D eigenvalue weighted by atomic mass is 9.92. The lowest BCUT2D eigenvalue weighted by Gasteiger charge is -2.42. The first kappa shape index (κ1) is 31.2. The molecule has 0 N–H and O–H groups in total. The molecule has 0 radical (unpaired) electrons. The Balaban J connectivity index is 1.33. The van der Waals surface area contributed by atoms with E-state index < -0.39 is 34.1 Å². The zero-order valence-corrected chi connectivity index (χ0v) is 25.6. The van der Waals surface area contributed by atoms with E-state index in [9.17, 15) is 22.0 Å². The van der Waals surface area contributed by atoms with Crippen molar-refractivity contribution in [2.75, 3.05) is 32.8 Å². The average molecular weight is 624 g/mol. The van der Waals surface area contributed by atoms with Crippen molar-refractivity contribution < 1.29 is 26.7 Å². The Hall–Kier alpha value is -2.27. The van der Waals surface area contributed by atoms with Crippen molar-refractivity contribution in [2.45, 2.75) is 87.2 Å². The normalized spacial score (nSPS) is 23.6. The van der Waals surface area contributed by atoms with Crippen molar-refractivity contribution in [3.63, 3.8) is 0 Å². The number of hydrogen-bond donors (Lipinski definition) is 0. The fourth-order valence-electron chi connectivity index (χ4n) is 6.61. The van der Waals surface area contributed by atoms with Gasteiger partial charge >= 0.3 is 6.09 Å². The number of halogens is 3. The molecule has 1 saturated carbocycles. The molecule has 0 bridgehead atoms. The molecule has 7 nitrogen and oxygen atoms in total. The van der Waals surface area contributed by atoms with Crippen molar-refractivity contribution in [3.8, 4) is 0 Å². The van der Waals surface area contributed by atoms with Crippen molar-refractivity contribution in [1.29, 1.82) is 0 Å². The molecule has 2 heterocycles. The molecule has 2 aliphatic heterocycles. The second-order valence-corrected chi connectivity index (χ2v) is 14.1. The number of amides is 1. The predicted molar refractivity (Wildman–Crippen MR) is 158 cm³/mol. The number of nitrogens with zero attached hydrogens (tertiary/aromatic N) is 3. The summed E-state index contributed by atoms with van der Waals surface area (Å²) in [4.78, 5) is 17.3. The summed E-state index contributed by atoms with van der Waals surface area (Å²) in [7, 11) is -4.09. The molecule has 1 amide bonds. The van der Waals surface area contributed by atoms with E-state index in [1.54, 1.807) is 11.0 Å². The van der Waals surface area contributed by atoms with E-state index in [-0.39, 0.29) is 17.1 Å². The lowest BCUT2D eigenvalue weighted by Crippen LogP contribution is -2.53. The van der Waals surface area contributed by atoms with E-state index >= 15 is 0 Å². The fraction of sp³-hybridized carbons (Fsp3) is 0.581. The molecule has 2 aromatic carbocycles. The molecular weight excluding hydrogens is 584 g/mol. The SMILES string of the molecule is CC(F)(F)c1cccc([C@@H]2CCC[C@H](COC(=O)N3CCN(C4CCCCC4)CC3)N2S(=O)(=O)c2ccc(Cl)cc2)c1. The topological polar surface area (TPSA) is 70.2 Å². The first-order valence-electron chi connectivity index (χ1n) is 15.0. The lowest BCUT2D eigenvalue weighted by molar-refractivity contribution is 0.0171. The van der Waals surface area contributed by atoms with Gasteiger partial charge in [-0.15, -0.1) is 0 Å². The summed E-state index contributed by atoms with van der Waals surface area (Å²) in [6.07, 6.45) is 7.39. The molecule has 2 atom stereocenters. The van der Waals surface area contributed by atoms with Gasteiger partial charge in [0.2, 0.25) is 10.0 Å². The highest BCUT2D eigenvalue weighted by atomic mass is 35.5. The maximum Gasteiger partial charge on any atom is 0.409 e. The maximum absolute atomic E-state index is 14.2. The van der Waals surface area contributed by atoms with Crippen LogP contribution in [0.2, 0.25) is 5.02 Å². The third-order valence-corrected chi connectivity index (χ3v) is 11.1. The number of piperidine rings is 1. The summed E-state index contributed by atoms with van der Waals surface area (Å²) < 4.78 is 63.7. The summed E-state index contributed by atoms with van der Waals surface area (Å²) in [6, 6.07) is 11.1. The second kappa shape index (κ2) is 13.2. The van der Waals surface area contributed by atoms with Crippen molar-refractivity contribution >= 4 is 27.7 Å². The van der Waals surface area contributed by atoms with E-state index in [0.717, 1.165) is 20.0 Å². The summed E-state index contributed by atoms with van der Waals surface area (Å²) >= 11 is 6.03. The van der Waals surface area contributed by atoms with Gasteiger partial charge in [0, 0.05) is 49.7 Å². The molecule has 3 fully saturated rings. The van der Waals surface area contributed by atoms with Crippen LogP contribution in [0, 0.1) is 0 Å². The van der Waals surface area contributed by atoms with Gasteiger partial charge in [0.1, 0.15) is 6.61 Å². The average Bonchev–Trinajstić information content (AvgIpc) is 3.00. The molecule has 3 aliphatic rings. The van der Waals surface area contributed by atoms with E-state index in [1.807, 2.05) is 0 Å². The van der Waals surface area contributed by atoms with Crippen LogP contribution in [-0.4, -0.2) is 73.5 Å². The van der Waals surface area contributed by atoms with Gasteiger partial charge in [-0.2, -0.15) is 4.31 Å². The van der Waals surface area contributed by atoms with Gasteiger partial charge in [0.15, 0.2) is 0 Å². The van der Waals surface area contributed by atoms with E-state index in [4.69, 9.17) is 16.3 Å². The predicted octanol–water partition coefficient (Wildman–Crippen LogP) is 6.82. The molecule has 5 rings (SSSR count). The summed E-state index contributed by atoms with van der Waals surface area (Å²) in [5.74, 6) is -3.07. The number of sulfonamides is 1. The van der Waals surface area contributed by atoms with Gasteiger partial charge in [0.05, 0.1) is 17.0 Å². The monoisotopic (exact) mass is 623 g/mol. The minimum absolute atomic E-state index is 0.0472. The molecule has 11 heteroatoms. The van der Waals surface area contributed by atoms with Crippen LogP contribution < -0.4 is 0 Å². The highest BCUT2D eigenvalue weighted by molar-refractivity contribution is 7.89. The van der Waals surface area contributed by atoms with Gasteiger partial charge in [-0.25, -0.2) is 22.0 Å². The number of ether oxygens (including phenoxy) is 1. The summed E-state index contributed by atoms with van der Waals surface area (Å²) in [5.41, 5.74) is 0.311.